The first-order valence-corrected chi connectivity index (χ1v) is 14.2. The van der Waals surface area contributed by atoms with Gasteiger partial charge in [-0.15, -0.1) is 0 Å². The zero-order valence-corrected chi connectivity index (χ0v) is 22.1. The molecule has 2 aliphatic heterocycles. The SMILES string of the molecule is CC(C)CC(C(=O)N1CCC2C1C(=O)CN2S(=O)(=O)c1cccc[n+]1[O-])c1cccc(-c2ccccn2)c1. The number of ketones is 1. The maximum atomic E-state index is 14.0. The summed E-state index contributed by atoms with van der Waals surface area (Å²) in [5.74, 6) is -0.796. The van der Waals surface area contributed by atoms with Crippen molar-refractivity contribution in [2.45, 2.75) is 49.7 Å². The average Bonchev–Trinajstić information content (AvgIpc) is 3.49. The number of hydrogen-bond donors (Lipinski definition) is 0. The summed E-state index contributed by atoms with van der Waals surface area (Å²) in [5.41, 5.74) is 2.53. The van der Waals surface area contributed by atoms with Gasteiger partial charge in [-0.1, -0.05) is 38.1 Å². The number of pyridine rings is 2. The Morgan fingerprint density at radius 3 is 2.63 bits per heavy atom. The van der Waals surface area contributed by atoms with Gasteiger partial charge in [-0.05, 0) is 48.6 Å². The minimum atomic E-state index is -4.22. The second-order valence-electron chi connectivity index (χ2n) is 10.2. The molecule has 38 heavy (non-hydrogen) atoms. The van der Waals surface area contributed by atoms with Gasteiger partial charge in [0.1, 0.15) is 6.04 Å². The molecule has 4 heterocycles. The quantitative estimate of drug-likeness (QED) is 0.340. The molecule has 9 nitrogen and oxygen atoms in total. The normalized spacial score (nSPS) is 20.6. The number of fused-ring (bicyclic) bond motifs is 1. The van der Waals surface area contributed by atoms with Gasteiger partial charge in [0.25, 0.3) is 0 Å². The van der Waals surface area contributed by atoms with Crippen LogP contribution in [0.15, 0.2) is 78.1 Å². The van der Waals surface area contributed by atoms with Crippen molar-refractivity contribution in [3.63, 3.8) is 0 Å². The minimum absolute atomic E-state index is 0.185. The third kappa shape index (κ3) is 4.69. The Kier molecular flexibility index (Phi) is 7.02. The highest BCUT2D eigenvalue weighted by Crippen LogP contribution is 2.37. The van der Waals surface area contributed by atoms with Crippen LogP contribution in [0.3, 0.4) is 0 Å². The molecule has 0 N–H and O–H groups in total. The third-order valence-corrected chi connectivity index (χ3v) is 9.14. The highest BCUT2D eigenvalue weighted by Gasteiger charge is 2.55. The van der Waals surface area contributed by atoms with E-state index in [2.05, 4.69) is 4.98 Å². The molecule has 0 radical (unpaired) electrons. The Labute approximate surface area is 222 Å². The Morgan fingerprint density at radius 1 is 1.13 bits per heavy atom. The van der Waals surface area contributed by atoms with Gasteiger partial charge >= 0.3 is 15.0 Å². The molecule has 0 spiro atoms. The number of amides is 1. The molecule has 2 aliphatic rings. The van der Waals surface area contributed by atoms with E-state index in [1.54, 1.807) is 11.1 Å². The standard InChI is InChI=1S/C28H30N4O5S/c1-19(2)16-22(20-8-7-9-21(17-20)23-10-3-5-13-29-23)28(34)30-15-12-24-27(30)25(33)18-32(24)38(36,37)26-11-4-6-14-31(26)35/h3-11,13-14,17,19,22,24,27H,12,15-16,18H2,1-2H3. The molecule has 5 rings (SSSR count). The van der Waals surface area contributed by atoms with E-state index < -0.39 is 33.1 Å². The molecule has 0 bridgehead atoms. The van der Waals surface area contributed by atoms with Gasteiger partial charge in [0, 0.05) is 30.4 Å². The molecule has 0 saturated carbocycles. The van der Waals surface area contributed by atoms with E-state index in [1.165, 1.54) is 18.2 Å². The van der Waals surface area contributed by atoms with Gasteiger partial charge in [0.2, 0.25) is 5.91 Å². The van der Waals surface area contributed by atoms with E-state index in [4.69, 9.17) is 0 Å². The Balaban J connectivity index is 1.44. The van der Waals surface area contributed by atoms with Crippen LogP contribution in [0.1, 0.15) is 38.2 Å². The van der Waals surface area contributed by atoms with Gasteiger partial charge < -0.3 is 10.1 Å². The summed E-state index contributed by atoms with van der Waals surface area (Å²) in [5, 5.41) is 11.8. The molecule has 1 aromatic carbocycles. The fourth-order valence-corrected chi connectivity index (χ4v) is 7.23. The van der Waals surface area contributed by atoms with Crippen molar-refractivity contribution < 1.29 is 22.7 Å². The van der Waals surface area contributed by atoms with Crippen molar-refractivity contribution in [2.75, 3.05) is 13.1 Å². The highest BCUT2D eigenvalue weighted by molar-refractivity contribution is 7.89. The van der Waals surface area contributed by atoms with E-state index in [0.29, 0.717) is 12.8 Å². The largest absolute Gasteiger partial charge is 0.618 e. The molecule has 10 heteroatoms. The zero-order valence-electron chi connectivity index (χ0n) is 21.3. The summed E-state index contributed by atoms with van der Waals surface area (Å²) in [4.78, 5) is 33.2. The molecule has 1 amide bonds. The molecule has 3 unspecified atom stereocenters. The second kappa shape index (κ2) is 10.3. The van der Waals surface area contributed by atoms with E-state index in [0.717, 1.165) is 27.3 Å². The lowest BCUT2D eigenvalue weighted by molar-refractivity contribution is -0.646. The summed E-state index contributed by atoms with van der Waals surface area (Å²) in [6.07, 6.45) is 3.74. The van der Waals surface area contributed by atoms with Gasteiger partial charge in [0.15, 0.2) is 12.0 Å². The summed E-state index contributed by atoms with van der Waals surface area (Å²) in [7, 11) is -4.22. The topological polar surface area (TPSA) is 115 Å². The van der Waals surface area contributed by atoms with Gasteiger partial charge in [-0.25, -0.2) is 8.42 Å². The van der Waals surface area contributed by atoms with Crippen LogP contribution < -0.4 is 4.73 Å². The molecule has 2 fully saturated rings. The van der Waals surface area contributed by atoms with Crippen molar-refractivity contribution in [3.8, 4) is 11.3 Å². The number of nitrogens with zero attached hydrogens (tertiary/aromatic N) is 4. The lowest BCUT2D eigenvalue weighted by atomic mass is 9.87. The summed E-state index contributed by atoms with van der Waals surface area (Å²) in [6, 6.07) is 16.0. The minimum Gasteiger partial charge on any atom is -0.618 e. The first-order chi connectivity index (χ1) is 18.2. The number of carbonyl (C=O) groups is 2. The maximum Gasteiger partial charge on any atom is 0.323 e. The van der Waals surface area contributed by atoms with Crippen LogP contribution in [0.4, 0.5) is 0 Å². The van der Waals surface area contributed by atoms with Crippen molar-refractivity contribution in [1.82, 2.24) is 14.2 Å². The number of aromatic nitrogens is 2. The maximum absolute atomic E-state index is 14.0. The van der Waals surface area contributed by atoms with Crippen molar-refractivity contribution in [2.24, 2.45) is 5.92 Å². The molecule has 2 saturated heterocycles. The van der Waals surface area contributed by atoms with E-state index >= 15 is 0 Å². The molecule has 2 aromatic heterocycles. The van der Waals surface area contributed by atoms with E-state index in [9.17, 15) is 23.2 Å². The number of benzene rings is 1. The van der Waals surface area contributed by atoms with Crippen LogP contribution in [0.2, 0.25) is 0 Å². The monoisotopic (exact) mass is 534 g/mol. The molecule has 198 valence electrons. The number of Topliss-reactive ketones (excluding diaryl/α,β-unsaturated/α-hetero) is 1. The number of hydrogen-bond acceptors (Lipinski definition) is 6. The molecular formula is C28H30N4O5S. The lowest BCUT2D eigenvalue weighted by Gasteiger charge is -2.29. The number of likely N-dealkylation sites (tertiary alicyclic amines) is 1. The fraction of sp³-hybridized carbons (Fsp3) is 0.357. The van der Waals surface area contributed by atoms with E-state index in [-0.39, 0.29) is 35.4 Å². The van der Waals surface area contributed by atoms with Crippen molar-refractivity contribution >= 4 is 21.7 Å². The zero-order chi connectivity index (χ0) is 27.0. The van der Waals surface area contributed by atoms with Crippen LogP contribution in [0, 0.1) is 11.1 Å². The van der Waals surface area contributed by atoms with Crippen molar-refractivity contribution in [1.29, 1.82) is 0 Å². The summed E-state index contributed by atoms with van der Waals surface area (Å²) < 4.78 is 28.1. The van der Waals surface area contributed by atoms with Crippen molar-refractivity contribution in [3.05, 3.63) is 83.8 Å². The van der Waals surface area contributed by atoms with Gasteiger partial charge in [0.05, 0.1) is 24.2 Å². The lowest BCUT2D eigenvalue weighted by Crippen LogP contribution is -2.46. The summed E-state index contributed by atoms with van der Waals surface area (Å²) in [6.45, 7) is 4.00. The van der Waals surface area contributed by atoms with Crippen LogP contribution in [0.25, 0.3) is 11.3 Å². The first kappa shape index (κ1) is 26.0. The number of rotatable bonds is 7. The van der Waals surface area contributed by atoms with Crippen LogP contribution in [0.5, 0.6) is 0 Å². The second-order valence-corrected chi connectivity index (χ2v) is 12.1. The molecule has 3 aromatic rings. The van der Waals surface area contributed by atoms with Crippen LogP contribution >= 0.6 is 0 Å². The Bertz CT molecular complexity index is 1460. The molecular weight excluding hydrogens is 504 g/mol. The fourth-order valence-electron chi connectivity index (χ4n) is 5.57. The predicted octanol–water partition coefficient (Wildman–Crippen LogP) is 2.75. The number of carbonyl (C=O) groups excluding carboxylic acids is 2. The smallest absolute Gasteiger partial charge is 0.323 e. The predicted molar refractivity (Wildman–Crippen MR) is 140 cm³/mol. The Hall–Kier alpha value is -3.63. The molecule has 0 aliphatic carbocycles. The number of sulfonamides is 1. The van der Waals surface area contributed by atoms with Crippen LogP contribution in [-0.4, -0.2) is 59.5 Å². The van der Waals surface area contributed by atoms with Crippen LogP contribution in [-0.2, 0) is 19.6 Å². The molecule has 3 atom stereocenters. The summed E-state index contributed by atoms with van der Waals surface area (Å²) >= 11 is 0. The highest BCUT2D eigenvalue weighted by atomic mass is 32.2. The van der Waals surface area contributed by atoms with Gasteiger partial charge in [-0.3, -0.25) is 14.6 Å². The Morgan fingerprint density at radius 2 is 1.92 bits per heavy atom. The van der Waals surface area contributed by atoms with E-state index in [1.807, 2.05) is 56.3 Å². The third-order valence-electron chi connectivity index (χ3n) is 7.28. The average molecular weight is 535 g/mol. The van der Waals surface area contributed by atoms with Gasteiger partial charge in [-0.2, -0.15) is 9.04 Å². The first-order valence-electron chi connectivity index (χ1n) is 12.7.